The third-order valence-electron chi connectivity index (χ3n) is 4.12. The van der Waals surface area contributed by atoms with Gasteiger partial charge in [0.2, 0.25) is 0 Å². The molecule has 1 fully saturated rings. The Morgan fingerprint density at radius 3 is 2.87 bits per heavy atom. The van der Waals surface area contributed by atoms with E-state index in [0.717, 1.165) is 28.3 Å². The lowest BCUT2D eigenvalue weighted by atomic mass is 10.1. The van der Waals surface area contributed by atoms with Crippen molar-refractivity contribution in [3.05, 3.63) is 29.3 Å². The summed E-state index contributed by atoms with van der Waals surface area (Å²) >= 11 is 0. The Morgan fingerprint density at radius 1 is 1.43 bits per heavy atom. The fourth-order valence-corrected chi connectivity index (χ4v) is 2.98. The first kappa shape index (κ1) is 17.3. The summed E-state index contributed by atoms with van der Waals surface area (Å²) < 4.78 is 10.3. The normalized spacial score (nSPS) is 20.7. The van der Waals surface area contributed by atoms with E-state index in [4.69, 9.17) is 9.47 Å². The molecule has 1 saturated heterocycles. The van der Waals surface area contributed by atoms with E-state index in [2.05, 4.69) is 11.4 Å². The van der Waals surface area contributed by atoms with E-state index in [1.165, 1.54) is 0 Å². The number of aryl methyl sites for hydroxylation is 1. The molecule has 0 spiro atoms. The largest absolute Gasteiger partial charge is 0.496 e. The molecule has 2 unspecified atom stereocenters. The topological polar surface area (TPSA) is 69.1 Å². The van der Waals surface area contributed by atoms with Gasteiger partial charge in [0.1, 0.15) is 18.7 Å². The van der Waals surface area contributed by atoms with E-state index < -0.39 is 6.04 Å². The zero-order valence-electron chi connectivity index (χ0n) is 14.0. The molecular formula is C17H25N2O4+. The molecule has 1 aliphatic rings. The zero-order chi connectivity index (χ0) is 16.8. The van der Waals surface area contributed by atoms with Crippen molar-refractivity contribution in [2.75, 3.05) is 26.8 Å². The highest BCUT2D eigenvalue weighted by molar-refractivity contribution is 5.85. The van der Waals surface area contributed by atoms with Crippen molar-refractivity contribution in [1.82, 2.24) is 5.32 Å². The van der Waals surface area contributed by atoms with Gasteiger partial charge in [-0.05, 0) is 37.6 Å². The number of benzene rings is 1. The summed E-state index contributed by atoms with van der Waals surface area (Å²) in [6, 6.07) is 5.62. The van der Waals surface area contributed by atoms with Crippen LogP contribution in [-0.4, -0.2) is 44.7 Å². The summed E-state index contributed by atoms with van der Waals surface area (Å²) in [7, 11) is 1.65. The second-order valence-electron chi connectivity index (χ2n) is 5.74. The van der Waals surface area contributed by atoms with E-state index in [0.29, 0.717) is 19.7 Å². The number of nitrogens with one attached hydrogen (secondary N) is 2. The Hall–Kier alpha value is -2.08. The number of hydrogen-bond donors (Lipinski definition) is 2. The van der Waals surface area contributed by atoms with Gasteiger partial charge in [0.15, 0.2) is 6.04 Å². The van der Waals surface area contributed by atoms with Crippen LogP contribution in [-0.2, 0) is 20.9 Å². The second kappa shape index (κ2) is 7.97. The van der Waals surface area contributed by atoms with E-state index in [1.54, 1.807) is 14.0 Å². The average molecular weight is 321 g/mol. The molecule has 6 nitrogen and oxygen atoms in total. The molecule has 0 saturated carbocycles. The quantitative estimate of drug-likeness (QED) is 0.715. The minimum absolute atomic E-state index is 0.0791. The first-order valence-corrected chi connectivity index (χ1v) is 7.96. The van der Waals surface area contributed by atoms with Crippen molar-refractivity contribution < 1.29 is 24.0 Å². The van der Waals surface area contributed by atoms with E-state index >= 15 is 0 Å². The summed E-state index contributed by atoms with van der Waals surface area (Å²) in [5.74, 6) is 0.450. The number of ether oxygens (including phenoxy) is 2. The maximum Gasteiger partial charge on any atom is 0.312 e. The number of esters is 1. The van der Waals surface area contributed by atoms with Gasteiger partial charge in [-0.1, -0.05) is 0 Å². The van der Waals surface area contributed by atoms with E-state index in [-0.39, 0.29) is 18.3 Å². The van der Waals surface area contributed by atoms with Crippen LogP contribution in [0.5, 0.6) is 5.75 Å². The molecule has 2 atom stereocenters. The molecule has 0 bridgehead atoms. The molecule has 1 heterocycles. The highest BCUT2D eigenvalue weighted by Gasteiger charge is 2.35. The van der Waals surface area contributed by atoms with Crippen molar-refractivity contribution in [3.8, 4) is 5.75 Å². The fourth-order valence-electron chi connectivity index (χ4n) is 2.98. The maximum atomic E-state index is 12.1. The Bertz CT molecular complexity index is 574. The highest BCUT2D eigenvalue weighted by atomic mass is 16.5. The Morgan fingerprint density at radius 2 is 2.22 bits per heavy atom. The van der Waals surface area contributed by atoms with Gasteiger partial charge in [0.05, 0.1) is 26.8 Å². The highest BCUT2D eigenvalue weighted by Crippen LogP contribution is 2.18. The maximum absolute atomic E-state index is 12.1. The summed E-state index contributed by atoms with van der Waals surface area (Å²) in [5, 5.41) is 2.84. The van der Waals surface area contributed by atoms with Gasteiger partial charge < -0.3 is 19.7 Å². The molecule has 2 N–H and O–H groups in total. The van der Waals surface area contributed by atoms with Gasteiger partial charge in [-0.25, -0.2) is 0 Å². The number of piperazine rings is 1. The molecular weight excluding hydrogens is 296 g/mol. The van der Waals surface area contributed by atoms with Gasteiger partial charge in [-0.15, -0.1) is 0 Å². The minimum atomic E-state index is -0.398. The van der Waals surface area contributed by atoms with Gasteiger partial charge >= 0.3 is 5.97 Å². The van der Waals surface area contributed by atoms with Gasteiger partial charge in [-0.2, -0.15) is 0 Å². The summed E-state index contributed by atoms with van der Waals surface area (Å²) in [5.41, 5.74) is 2.19. The monoisotopic (exact) mass is 321 g/mol. The Balaban J connectivity index is 2.10. The van der Waals surface area contributed by atoms with E-state index in [9.17, 15) is 9.59 Å². The molecule has 0 aliphatic carbocycles. The predicted octanol–water partition coefficient (Wildman–Crippen LogP) is -0.160. The molecule has 1 aromatic carbocycles. The number of hydrogen-bond acceptors (Lipinski definition) is 4. The number of rotatable bonds is 6. The van der Waals surface area contributed by atoms with Crippen LogP contribution in [0.2, 0.25) is 0 Å². The van der Waals surface area contributed by atoms with Crippen LogP contribution in [0.3, 0.4) is 0 Å². The Labute approximate surface area is 136 Å². The smallest absolute Gasteiger partial charge is 0.312 e. The first-order valence-electron chi connectivity index (χ1n) is 7.96. The van der Waals surface area contributed by atoms with Crippen LogP contribution in [0.15, 0.2) is 18.2 Å². The van der Waals surface area contributed by atoms with E-state index in [1.807, 2.05) is 19.1 Å². The van der Waals surface area contributed by atoms with Gasteiger partial charge in [0.25, 0.3) is 5.91 Å². The second-order valence-corrected chi connectivity index (χ2v) is 5.74. The predicted molar refractivity (Wildman–Crippen MR) is 85.3 cm³/mol. The third kappa shape index (κ3) is 4.45. The van der Waals surface area contributed by atoms with Crippen molar-refractivity contribution >= 4 is 11.9 Å². The van der Waals surface area contributed by atoms with Crippen molar-refractivity contribution in [3.63, 3.8) is 0 Å². The lowest BCUT2D eigenvalue weighted by Gasteiger charge is -2.31. The Kier molecular flexibility index (Phi) is 5.98. The van der Waals surface area contributed by atoms with Crippen molar-refractivity contribution in [2.24, 2.45) is 0 Å². The lowest BCUT2D eigenvalue weighted by Crippen LogP contribution is -3.18. The molecule has 1 amide bonds. The van der Waals surface area contributed by atoms with Crippen LogP contribution < -0.4 is 15.0 Å². The average Bonchev–Trinajstić information content (AvgIpc) is 2.51. The molecule has 0 radical (unpaired) electrons. The number of carbonyl (C=O) groups excluding carboxylic acids is 2. The summed E-state index contributed by atoms with van der Waals surface area (Å²) in [4.78, 5) is 25.0. The lowest BCUT2D eigenvalue weighted by molar-refractivity contribution is -0.930. The minimum Gasteiger partial charge on any atom is -0.496 e. The molecule has 23 heavy (non-hydrogen) atoms. The third-order valence-corrected chi connectivity index (χ3v) is 4.12. The number of amides is 1. The molecule has 2 rings (SSSR count). The van der Waals surface area contributed by atoms with Gasteiger partial charge in [-0.3, -0.25) is 9.59 Å². The molecule has 0 aromatic heterocycles. The summed E-state index contributed by atoms with van der Waals surface area (Å²) in [6.07, 6.45) is 0.115. The van der Waals surface area contributed by atoms with Crippen molar-refractivity contribution in [1.29, 1.82) is 0 Å². The standard InChI is InChI=1S/C17H24N2O4/c1-4-23-16(20)10-14-17(21)18-7-8-19(14)11-13-5-6-15(22-3)12(2)9-13/h5-6,9,14H,4,7-8,10-11H2,1-3H3,(H,18,21)/p+1. The number of carbonyl (C=O) groups is 2. The number of quaternary nitrogens is 1. The molecule has 1 aliphatic heterocycles. The molecule has 126 valence electrons. The van der Waals surface area contributed by atoms with Crippen LogP contribution in [0.4, 0.5) is 0 Å². The fraction of sp³-hybridized carbons (Fsp3) is 0.529. The van der Waals surface area contributed by atoms with Crippen molar-refractivity contribution in [2.45, 2.75) is 32.9 Å². The first-order chi connectivity index (χ1) is 11.0. The van der Waals surface area contributed by atoms with Crippen LogP contribution >= 0.6 is 0 Å². The SMILES string of the molecule is CCOC(=O)CC1C(=O)NCC[NH+]1Cc1ccc(OC)c(C)c1. The summed E-state index contributed by atoms with van der Waals surface area (Å²) in [6.45, 7) is 6.21. The van der Waals surface area contributed by atoms with Gasteiger partial charge in [0, 0.05) is 5.56 Å². The van der Waals surface area contributed by atoms with Crippen LogP contribution in [0.1, 0.15) is 24.5 Å². The molecule has 6 heteroatoms. The zero-order valence-corrected chi connectivity index (χ0v) is 14.0. The van der Waals surface area contributed by atoms with Crippen LogP contribution in [0.25, 0.3) is 0 Å². The number of methoxy groups -OCH3 is 1. The molecule has 1 aromatic rings. The van der Waals surface area contributed by atoms with Crippen LogP contribution in [0, 0.1) is 6.92 Å².